The number of sulfonamides is 1. The van der Waals surface area contributed by atoms with Gasteiger partial charge in [0.25, 0.3) is 0 Å². The predicted octanol–water partition coefficient (Wildman–Crippen LogP) is 4.42. The minimum absolute atomic E-state index is 0.182. The molecule has 2 aromatic rings. The molecule has 0 saturated heterocycles. The molecule has 0 bridgehead atoms. The highest BCUT2D eigenvalue weighted by atomic mass is 35.5. The molecule has 0 heterocycles. The maximum atomic E-state index is 12.9. The molecule has 27 heavy (non-hydrogen) atoms. The van der Waals surface area contributed by atoms with Crippen molar-refractivity contribution in [2.75, 3.05) is 10.6 Å². The third-order valence-electron chi connectivity index (χ3n) is 4.13. The highest BCUT2D eigenvalue weighted by Gasteiger charge is 2.33. The lowest BCUT2D eigenvalue weighted by Crippen LogP contribution is -2.49. The standard InChI is InChI=1S/C19H22Cl2N2O3S/c1-4-17(19(24)22-13(2)14-8-6-5-7-9-14)23(27(3,25)26)18-12-15(20)10-11-16(18)21/h5-13,17H,4H2,1-3H3,(H,22,24)/t13-,17+/m0/s1. The number of nitrogens with one attached hydrogen (secondary N) is 1. The summed E-state index contributed by atoms with van der Waals surface area (Å²) in [6, 6.07) is 12.7. The van der Waals surface area contributed by atoms with E-state index in [1.165, 1.54) is 12.1 Å². The first-order valence-electron chi connectivity index (χ1n) is 8.45. The maximum Gasteiger partial charge on any atom is 0.244 e. The molecular formula is C19H22Cl2N2O3S. The minimum atomic E-state index is -3.78. The van der Waals surface area contributed by atoms with Crippen molar-refractivity contribution in [2.45, 2.75) is 32.4 Å². The van der Waals surface area contributed by atoms with Crippen molar-refractivity contribution < 1.29 is 13.2 Å². The zero-order chi connectivity index (χ0) is 20.2. The Morgan fingerprint density at radius 1 is 1.15 bits per heavy atom. The molecular weight excluding hydrogens is 407 g/mol. The van der Waals surface area contributed by atoms with Crippen molar-refractivity contribution in [1.82, 2.24) is 5.32 Å². The number of rotatable bonds is 7. The van der Waals surface area contributed by atoms with Crippen LogP contribution in [0, 0.1) is 0 Å². The van der Waals surface area contributed by atoms with Gasteiger partial charge in [0.2, 0.25) is 15.9 Å². The first-order chi connectivity index (χ1) is 12.6. The predicted molar refractivity (Wildman–Crippen MR) is 111 cm³/mol. The fourth-order valence-electron chi connectivity index (χ4n) is 2.82. The molecule has 146 valence electrons. The van der Waals surface area contributed by atoms with E-state index in [4.69, 9.17) is 23.2 Å². The Morgan fingerprint density at radius 3 is 2.33 bits per heavy atom. The molecule has 0 aliphatic rings. The molecule has 2 atom stereocenters. The number of anilines is 1. The first-order valence-corrected chi connectivity index (χ1v) is 11.0. The molecule has 2 rings (SSSR count). The third kappa shape index (κ3) is 5.37. The third-order valence-corrected chi connectivity index (χ3v) is 5.85. The summed E-state index contributed by atoms with van der Waals surface area (Å²) in [5.41, 5.74) is 1.11. The van der Waals surface area contributed by atoms with Gasteiger partial charge in [-0.1, -0.05) is 60.5 Å². The number of carbonyl (C=O) groups is 1. The van der Waals surface area contributed by atoms with Crippen LogP contribution in [0.3, 0.4) is 0 Å². The van der Waals surface area contributed by atoms with E-state index in [1.807, 2.05) is 37.3 Å². The van der Waals surface area contributed by atoms with Gasteiger partial charge in [-0.2, -0.15) is 0 Å². The maximum absolute atomic E-state index is 12.9. The number of hydrogen-bond donors (Lipinski definition) is 1. The largest absolute Gasteiger partial charge is 0.348 e. The van der Waals surface area contributed by atoms with Crippen molar-refractivity contribution >= 4 is 44.8 Å². The van der Waals surface area contributed by atoms with Crippen LogP contribution in [0.25, 0.3) is 0 Å². The molecule has 5 nitrogen and oxygen atoms in total. The quantitative estimate of drug-likeness (QED) is 0.709. The fourth-order valence-corrected chi connectivity index (χ4v) is 4.47. The van der Waals surface area contributed by atoms with Crippen molar-refractivity contribution in [3.8, 4) is 0 Å². The molecule has 0 saturated carbocycles. The van der Waals surface area contributed by atoms with Crippen LogP contribution in [-0.4, -0.2) is 26.6 Å². The van der Waals surface area contributed by atoms with E-state index in [1.54, 1.807) is 13.0 Å². The summed E-state index contributed by atoms with van der Waals surface area (Å²) < 4.78 is 26.0. The molecule has 8 heteroatoms. The Morgan fingerprint density at radius 2 is 1.78 bits per heavy atom. The van der Waals surface area contributed by atoms with Gasteiger partial charge >= 0.3 is 0 Å². The van der Waals surface area contributed by atoms with Crippen molar-refractivity contribution in [3.05, 3.63) is 64.1 Å². The van der Waals surface area contributed by atoms with Gasteiger partial charge in [-0.3, -0.25) is 9.10 Å². The van der Waals surface area contributed by atoms with Crippen molar-refractivity contribution in [1.29, 1.82) is 0 Å². The van der Waals surface area contributed by atoms with Gasteiger partial charge in [-0.15, -0.1) is 0 Å². The SMILES string of the molecule is CC[C@H](C(=O)N[C@@H](C)c1ccccc1)N(c1cc(Cl)ccc1Cl)S(C)(=O)=O. The monoisotopic (exact) mass is 428 g/mol. The first kappa shape index (κ1) is 21.5. The normalized spacial score (nSPS) is 13.7. The number of benzene rings is 2. The zero-order valence-electron chi connectivity index (χ0n) is 15.3. The second-order valence-electron chi connectivity index (χ2n) is 6.22. The second kappa shape index (κ2) is 8.95. The van der Waals surface area contributed by atoms with E-state index in [0.717, 1.165) is 16.1 Å². The highest BCUT2D eigenvalue weighted by molar-refractivity contribution is 7.92. The molecule has 0 radical (unpaired) electrons. The molecule has 0 aliphatic carbocycles. The average molecular weight is 429 g/mol. The summed E-state index contributed by atoms with van der Waals surface area (Å²) >= 11 is 12.2. The average Bonchev–Trinajstić information content (AvgIpc) is 2.61. The highest BCUT2D eigenvalue weighted by Crippen LogP contribution is 2.33. The van der Waals surface area contributed by atoms with Gasteiger partial charge in [-0.05, 0) is 37.1 Å². The number of amides is 1. The van der Waals surface area contributed by atoms with Crippen LogP contribution < -0.4 is 9.62 Å². The lowest BCUT2D eigenvalue weighted by molar-refractivity contribution is -0.122. The molecule has 0 unspecified atom stereocenters. The van der Waals surface area contributed by atoms with E-state index < -0.39 is 22.0 Å². The molecule has 0 spiro atoms. The molecule has 0 aromatic heterocycles. The molecule has 0 fully saturated rings. The van der Waals surface area contributed by atoms with Gasteiger partial charge in [0, 0.05) is 5.02 Å². The van der Waals surface area contributed by atoms with Gasteiger partial charge in [0.15, 0.2) is 0 Å². The van der Waals surface area contributed by atoms with Gasteiger partial charge in [0.05, 0.1) is 23.0 Å². The number of nitrogens with zero attached hydrogens (tertiary/aromatic N) is 1. The van der Waals surface area contributed by atoms with E-state index in [9.17, 15) is 13.2 Å². The number of halogens is 2. The second-order valence-corrected chi connectivity index (χ2v) is 8.92. The van der Waals surface area contributed by atoms with Crippen molar-refractivity contribution in [2.24, 2.45) is 0 Å². The molecule has 2 aromatic carbocycles. The van der Waals surface area contributed by atoms with Crippen LogP contribution >= 0.6 is 23.2 Å². The Hall–Kier alpha value is -1.76. The van der Waals surface area contributed by atoms with Crippen LogP contribution in [0.5, 0.6) is 0 Å². The summed E-state index contributed by atoms with van der Waals surface area (Å²) in [7, 11) is -3.78. The van der Waals surface area contributed by atoms with E-state index in [2.05, 4.69) is 5.32 Å². The van der Waals surface area contributed by atoms with Crippen LogP contribution in [-0.2, 0) is 14.8 Å². The van der Waals surface area contributed by atoms with E-state index >= 15 is 0 Å². The number of carbonyl (C=O) groups excluding carboxylic acids is 1. The van der Waals surface area contributed by atoms with Crippen LogP contribution in [0.15, 0.2) is 48.5 Å². The minimum Gasteiger partial charge on any atom is -0.348 e. The molecule has 0 aliphatic heterocycles. The van der Waals surface area contributed by atoms with Gasteiger partial charge in [-0.25, -0.2) is 8.42 Å². The Labute approximate surface area is 170 Å². The smallest absolute Gasteiger partial charge is 0.244 e. The summed E-state index contributed by atoms with van der Waals surface area (Å²) in [5.74, 6) is -0.407. The van der Waals surface area contributed by atoms with E-state index in [-0.39, 0.29) is 23.2 Å². The Kier molecular flexibility index (Phi) is 7.14. The zero-order valence-corrected chi connectivity index (χ0v) is 17.6. The van der Waals surface area contributed by atoms with Crippen LogP contribution in [0.4, 0.5) is 5.69 Å². The van der Waals surface area contributed by atoms with Gasteiger partial charge in [0.1, 0.15) is 6.04 Å². The Bertz CT molecular complexity index is 904. The summed E-state index contributed by atoms with van der Waals surface area (Å²) in [4.78, 5) is 12.9. The van der Waals surface area contributed by atoms with Gasteiger partial charge < -0.3 is 5.32 Å². The number of hydrogen-bond acceptors (Lipinski definition) is 3. The lowest BCUT2D eigenvalue weighted by atomic mass is 10.1. The Balaban J connectivity index is 2.38. The molecule has 1 N–H and O–H groups in total. The van der Waals surface area contributed by atoms with Crippen LogP contribution in [0.1, 0.15) is 31.9 Å². The van der Waals surface area contributed by atoms with Crippen molar-refractivity contribution in [3.63, 3.8) is 0 Å². The summed E-state index contributed by atoms with van der Waals surface area (Å²) in [6.45, 7) is 3.59. The summed E-state index contributed by atoms with van der Waals surface area (Å²) in [5, 5.41) is 3.41. The lowest BCUT2D eigenvalue weighted by Gasteiger charge is -2.31. The molecule has 1 amide bonds. The summed E-state index contributed by atoms with van der Waals surface area (Å²) in [6.07, 6.45) is 1.31. The van der Waals surface area contributed by atoms with Crippen LogP contribution in [0.2, 0.25) is 10.0 Å². The van der Waals surface area contributed by atoms with E-state index in [0.29, 0.717) is 5.02 Å². The fraction of sp³-hybridized carbons (Fsp3) is 0.316. The topological polar surface area (TPSA) is 66.5 Å².